The van der Waals surface area contributed by atoms with Gasteiger partial charge in [0.15, 0.2) is 0 Å². The van der Waals surface area contributed by atoms with Crippen LogP contribution < -0.4 is 0 Å². The summed E-state index contributed by atoms with van der Waals surface area (Å²) in [6, 6.07) is 7.98. The first-order valence-corrected chi connectivity index (χ1v) is 15.6. The predicted octanol–water partition coefficient (Wildman–Crippen LogP) is 9.74. The van der Waals surface area contributed by atoms with Crippen molar-refractivity contribution in [2.24, 2.45) is 16.2 Å². The molecule has 38 heavy (non-hydrogen) atoms. The molecule has 212 valence electrons. The van der Waals surface area contributed by atoms with Gasteiger partial charge in [0.2, 0.25) is 0 Å². The number of rotatable bonds is 16. The van der Waals surface area contributed by atoms with Crippen molar-refractivity contribution in [1.29, 1.82) is 0 Å². The Kier molecular flexibility index (Phi) is 10.8. The Morgan fingerprint density at radius 3 is 1.82 bits per heavy atom. The summed E-state index contributed by atoms with van der Waals surface area (Å²) in [6.07, 6.45) is 20.2. The fourth-order valence-corrected chi connectivity index (χ4v) is 5.98. The molecule has 1 aliphatic carbocycles. The molecule has 0 bridgehead atoms. The lowest BCUT2D eigenvalue weighted by molar-refractivity contribution is -0.0109. The SMILES string of the molecule is CCCCCCCCCCCCC1(C(C)(C)CC)C=C(C(C)(C)CC)C=C(n2nc3ccccc3n2)C1O. The maximum Gasteiger partial charge on any atom is 0.113 e. The largest absolute Gasteiger partial charge is 0.386 e. The highest BCUT2D eigenvalue weighted by Gasteiger charge is 2.51. The van der Waals surface area contributed by atoms with Crippen LogP contribution in [0.15, 0.2) is 42.0 Å². The molecule has 3 rings (SSSR count). The molecule has 4 heteroatoms. The summed E-state index contributed by atoms with van der Waals surface area (Å²) in [5, 5.41) is 21.8. The van der Waals surface area contributed by atoms with Gasteiger partial charge in [-0.1, -0.05) is 137 Å². The molecular formula is C34H55N3O. The Balaban J connectivity index is 1.86. The molecule has 1 heterocycles. The summed E-state index contributed by atoms with van der Waals surface area (Å²) in [6.45, 7) is 16.1. The van der Waals surface area contributed by atoms with Crippen molar-refractivity contribution in [3.8, 4) is 0 Å². The number of hydrogen-bond acceptors (Lipinski definition) is 3. The molecule has 1 aliphatic rings. The molecule has 0 aliphatic heterocycles. The quantitative estimate of drug-likeness (QED) is 0.224. The molecule has 0 spiro atoms. The van der Waals surface area contributed by atoms with Gasteiger partial charge in [0.1, 0.15) is 17.1 Å². The molecule has 0 fully saturated rings. The number of aliphatic hydroxyl groups is 1. The zero-order chi connectivity index (χ0) is 27.8. The van der Waals surface area contributed by atoms with Gasteiger partial charge in [-0.15, -0.1) is 10.2 Å². The van der Waals surface area contributed by atoms with Crippen LogP contribution in [-0.4, -0.2) is 26.2 Å². The van der Waals surface area contributed by atoms with E-state index in [9.17, 15) is 5.11 Å². The van der Waals surface area contributed by atoms with Gasteiger partial charge in [0.05, 0.1) is 5.70 Å². The Morgan fingerprint density at radius 1 is 0.789 bits per heavy atom. The van der Waals surface area contributed by atoms with Crippen molar-refractivity contribution in [2.45, 2.75) is 138 Å². The van der Waals surface area contributed by atoms with Crippen molar-refractivity contribution < 1.29 is 5.11 Å². The minimum atomic E-state index is -0.658. The van der Waals surface area contributed by atoms with Crippen molar-refractivity contribution >= 4 is 16.7 Å². The van der Waals surface area contributed by atoms with E-state index in [2.05, 4.69) is 60.6 Å². The first kappa shape index (κ1) is 30.6. The Morgan fingerprint density at radius 2 is 1.32 bits per heavy atom. The zero-order valence-electron chi connectivity index (χ0n) is 25.5. The third-order valence-corrected chi connectivity index (χ3v) is 9.76. The van der Waals surface area contributed by atoms with Crippen LogP contribution in [0.1, 0.15) is 132 Å². The van der Waals surface area contributed by atoms with Crippen LogP contribution in [0.3, 0.4) is 0 Å². The van der Waals surface area contributed by atoms with E-state index in [0.717, 1.165) is 42.4 Å². The Bertz CT molecular complexity index is 1040. The normalized spacial score (nSPS) is 20.6. The standard InChI is InChI=1S/C34H55N3O/c1-8-11-12-13-14-15-16-17-18-21-24-34(33(6,7)10-3)26-27(32(4,5)9-2)25-30(31(34)38)37-35-28-22-19-20-23-29(28)36-37/h19-20,22-23,25-26,31,38H,8-18,21,24H2,1-7H3. The summed E-state index contributed by atoms with van der Waals surface area (Å²) in [5.74, 6) is 0. The van der Waals surface area contributed by atoms with Crippen molar-refractivity contribution in [2.75, 3.05) is 0 Å². The molecule has 1 aromatic heterocycles. The van der Waals surface area contributed by atoms with Crippen LogP contribution in [0.5, 0.6) is 0 Å². The molecule has 0 radical (unpaired) electrons. The van der Waals surface area contributed by atoms with E-state index in [1.165, 1.54) is 63.4 Å². The second-order valence-corrected chi connectivity index (χ2v) is 13.0. The van der Waals surface area contributed by atoms with E-state index in [4.69, 9.17) is 10.2 Å². The smallest absolute Gasteiger partial charge is 0.113 e. The number of unbranched alkanes of at least 4 members (excludes halogenated alkanes) is 9. The highest BCUT2D eigenvalue weighted by atomic mass is 16.3. The maximum atomic E-state index is 12.2. The minimum absolute atomic E-state index is 0.00477. The number of aliphatic hydroxyl groups excluding tert-OH is 1. The Hall–Kier alpha value is -1.94. The number of fused-ring (bicyclic) bond motifs is 1. The summed E-state index contributed by atoms with van der Waals surface area (Å²) >= 11 is 0. The van der Waals surface area contributed by atoms with Crippen molar-refractivity contribution in [3.63, 3.8) is 0 Å². The molecule has 1 N–H and O–H groups in total. The van der Waals surface area contributed by atoms with E-state index in [1.54, 1.807) is 4.80 Å². The van der Waals surface area contributed by atoms with E-state index < -0.39 is 6.10 Å². The average molecular weight is 522 g/mol. The lowest BCUT2D eigenvalue weighted by Crippen LogP contribution is -2.49. The molecular weight excluding hydrogens is 466 g/mol. The Labute approximate surface area is 233 Å². The molecule has 1 aromatic carbocycles. The molecule has 0 saturated carbocycles. The zero-order valence-corrected chi connectivity index (χ0v) is 25.5. The van der Waals surface area contributed by atoms with Crippen LogP contribution in [-0.2, 0) is 0 Å². The first-order chi connectivity index (χ1) is 18.1. The van der Waals surface area contributed by atoms with E-state index in [-0.39, 0.29) is 16.2 Å². The van der Waals surface area contributed by atoms with E-state index >= 15 is 0 Å². The third kappa shape index (κ3) is 6.79. The highest BCUT2D eigenvalue weighted by molar-refractivity contribution is 5.74. The van der Waals surface area contributed by atoms with Gasteiger partial charge in [-0.3, -0.25) is 0 Å². The van der Waals surface area contributed by atoms with Crippen LogP contribution in [0.25, 0.3) is 16.7 Å². The number of aromatic nitrogens is 3. The summed E-state index contributed by atoms with van der Waals surface area (Å²) in [5.41, 5.74) is 3.40. The summed E-state index contributed by atoms with van der Waals surface area (Å²) < 4.78 is 0. The van der Waals surface area contributed by atoms with Gasteiger partial charge in [-0.05, 0) is 47.5 Å². The molecule has 2 unspecified atom stereocenters. The fourth-order valence-electron chi connectivity index (χ4n) is 5.98. The third-order valence-electron chi connectivity index (χ3n) is 9.76. The highest BCUT2D eigenvalue weighted by Crippen LogP contribution is 2.55. The van der Waals surface area contributed by atoms with Gasteiger partial charge < -0.3 is 5.11 Å². The van der Waals surface area contributed by atoms with Gasteiger partial charge in [0, 0.05) is 5.41 Å². The lowest BCUT2D eigenvalue weighted by atomic mass is 9.55. The van der Waals surface area contributed by atoms with Crippen LogP contribution in [0, 0.1) is 16.2 Å². The van der Waals surface area contributed by atoms with E-state index in [1.807, 2.05) is 24.3 Å². The lowest BCUT2D eigenvalue weighted by Gasteiger charge is -2.51. The van der Waals surface area contributed by atoms with E-state index in [0.29, 0.717) is 0 Å². The predicted molar refractivity (Wildman–Crippen MR) is 163 cm³/mol. The van der Waals surface area contributed by atoms with Crippen molar-refractivity contribution in [1.82, 2.24) is 15.0 Å². The van der Waals surface area contributed by atoms with Gasteiger partial charge in [-0.25, -0.2) is 0 Å². The monoisotopic (exact) mass is 521 g/mol. The topological polar surface area (TPSA) is 50.9 Å². The van der Waals surface area contributed by atoms with Crippen LogP contribution >= 0.6 is 0 Å². The van der Waals surface area contributed by atoms with Gasteiger partial charge >= 0.3 is 0 Å². The maximum absolute atomic E-state index is 12.2. The van der Waals surface area contributed by atoms with Crippen LogP contribution in [0.4, 0.5) is 0 Å². The van der Waals surface area contributed by atoms with Gasteiger partial charge in [0.25, 0.3) is 0 Å². The van der Waals surface area contributed by atoms with Gasteiger partial charge in [-0.2, -0.15) is 4.80 Å². The summed E-state index contributed by atoms with van der Waals surface area (Å²) in [4.78, 5) is 1.72. The molecule has 0 saturated heterocycles. The minimum Gasteiger partial charge on any atom is -0.386 e. The molecule has 4 nitrogen and oxygen atoms in total. The van der Waals surface area contributed by atoms with Crippen LogP contribution in [0.2, 0.25) is 0 Å². The average Bonchev–Trinajstić information content (AvgIpc) is 3.34. The first-order valence-electron chi connectivity index (χ1n) is 15.6. The molecule has 0 amide bonds. The number of nitrogens with zero attached hydrogens (tertiary/aromatic N) is 3. The number of benzene rings is 1. The summed E-state index contributed by atoms with van der Waals surface area (Å²) in [7, 11) is 0. The number of hydrogen-bond donors (Lipinski definition) is 1. The second kappa shape index (κ2) is 13.4. The molecule has 2 aromatic rings. The second-order valence-electron chi connectivity index (χ2n) is 13.0. The van der Waals surface area contributed by atoms with Crippen molar-refractivity contribution in [3.05, 3.63) is 42.0 Å². The fraction of sp³-hybridized carbons (Fsp3) is 0.706. The molecule has 2 atom stereocenters. The number of allylic oxidation sites excluding steroid dienone is 2.